The van der Waals surface area contributed by atoms with Crippen molar-refractivity contribution in [1.29, 1.82) is 0 Å². The molecular formula is C44H39N3. The second-order valence-electron chi connectivity index (χ2n) is 12.0. The average Bonchev–Trinajstić information content (AvgIpc) is 3.13. The minimum absolute atomic E-state index is 0.826. The maximum absolute atomic E-state index is 4.62. The second-order valence-corrected chi connectivity index (χ2v) is 12.0. The van der Waals surface area contributed by atoms with E-state index in [1.165, 1.54) is 60.6 Å². The van der Waals surface area contributed by atoms with Crippen molar-refractivity contribution < 1.29 is 0 Å². The fourth-order valence-corrected chi connectivity index (χ4v) is 6.68. The topological polar surface area (TPSA) is 19.4 Å². The average molecular weight is 610 g/mol. The Labute approximate surface area is 277 Å². The van der Waals surface area contributed by atoms with Crippen LogP contribution in [0.3, 0.4) is 0 Å². The van der Waals surface area contributed by atoms with Crippen LogP contribution in [0.2, 0.25) is 0 Å². The van der Waals surface area contributed by atoms with E-state index in [-0.39, 0.29) is 0 Å². The first kappa shape index (κ1) is 30.0. The molecule has 0 saturated heterocycles. The van der Waals surface area contributed by atoms with Crippen molar-refractivity contribution >= 4 is 55.1 Å². The van der Waals surface area contributed by atoms with Crippen LogP contribution in [0.1, 0.15) is 19.0 Å². The molecule has 0 unspecified atom stereocenters. The number of anilines is 4. The highest BCUT2D eigenvalue weighted by molar-refractivity contribution is 6.27. The first-order valence-electron chi connectivity index (χ1n) is 16.4. The largest absolute Gasteiger partial charge is 0.341 e. The van der Waals surface area contributed by atoms with E-state index >= 15 is 0 Å². The molecule has 1 heterocycles. The van der Waals surface area contributed by atoms with Crippen molar-refractivity contribution in [2.24, 2.45) is 0 Å². The molecule has 3 heteroatoms. The molecule has 0 radical (unpaired) electrons. The lowest BCUT2D eigenvalue weighted by Gasteiger charge is -2.29. The highest BCUT2D eigenvalue weighted by atomic mass is 15.1. The van der Waals surface area contributed by atoms with Gasteiger partial charge in [0.25, 0.3) is 0 Å². The molecule has 0 amide bonds. The highest BCUT2D eigenvalue weighted by Crippen LogP contribution is 2.44. The first-order chi connectivity index (χ1) is 23.2. The summed E-state index contributed by atoms with van der Waals surface area (Å²) >= 11 is 0. The van der Waals surface area contributed by atoms with Gasteiger partial charge in [0.15, 0.2) is 0 Å². The number of rotatable bonds is 12. The number of aromatic nitrogens is 1. The molecule has 6 aromatic carbocycles. The van der Waals surface area contributed by atoms with Gasteiger partial charge in [-0.3, -0.25) is 4.98 Å². The molecule has 0 spiro atoms. The smallest absolute Gasteiger partial charge is 0.0491 e. The normalized spacial score (nSPS) is 12.0. The number of nitrogens with zero attached hydrogens (tertiary/aromatic N) is 3. The molecule has 0 fully saturated rings. The van der Waals surface area contributed by atoms with E-state index in [0.29, 0.717) is 0 Å². The van der Waals surface area contributed by atoms with Crippen LogP contribution in [0.4, 0.5) is 22.7 Å². The summed E-state index contributed by atoms with van der Waals surface area (Å²) in [5.41, 5.74) is 7.25. The molecule has 0 bridgehead atoms. The highest BCUT2D eigenvalue weighted by Gasteiger charge is 2.20. The Morgan fingerprint density at radius 2 is 1.17 bits per heavy atom. The van der Waals surface area contributed by atoms with E-state index in [1.54, 1.807) is 0 Å². The Bertz CT molecular complexity index is 2170. The van der Waals surface area contributed by atoms with Crippen molar-refractivity contribution in [3.63, 3.8) is 0 Å². The van der Waals surface area contributed by atoms with E-state index in [4.69, 9.17) is 0 Å². The first-order valence-corrected chi connectivity index (χ1v) is 16.4. The predicted octanol–water partition coefficient (Wildman–Crippen LogP) is 11.6. The summed E-state index contributed by atoms with van der Waals surface area (Å²) < 4.78 is 0. The third-order valence-corrected chi connectivity index (χ3v) is 9.01. The van der Waals surface area contributed by atoms with Gasteiger partial charge in [0.2, 0.25) is 0 Å². The van der Waals surface area contributed by atoms with Crippen LogP contribution in [0, 0.1) is 0 Å². The van der Waals surface area contributed by atoms with Crippen LogP contribution in [0.25, 0.3) is 32.3 Å². The molecule has 47 heavy (non-hydrogen) atoms. The Kier molecular flexibility index (Phi) is 8.79. The third kappa shape index (κ3) is 6.25. The molecule has 0 aliphatic heterocycles. The van der Waals surface area contributed by atoms with Crippen LogP contribution >= 0.6 is 0 Å². The molecule has 0 atom stereocenters. The van der Waals surface area contributed by atoms with Crippen molar-refractivity contribution in [1.82, 2.24) is 4.98 Å². The number of para-hydroxylation sites is 2. The zero-order valence-corrected chi connectivity index (χ0v) is 26.9. The summed E-state index contributed by atoms with van der Waals surface area (Å²) in [4.78, 5) is 9.55. The van der Waals surface area contributed by atoms with Gasteiger partial charge >= 0.3 is 0 Å². The number of hydrogen-bond acceptors (Lipinski definition) is 3. The van der Waals surface area contributed by atoms with E-state index in [0.717, 1.165) is 31.6 Å². The third-order valence-electron chi connectivity index (χ3n) is 9.01. The molecule has 0 aliphatic carbocycles. The summed E-state index contributed by atoms with van der Waals surface area (Å²) in [6.07, 6.45) is 11.7. The van der Waals surface area contributed by atoms with Gasteiger partial charge in [-0.25, -0.2) is 0 Å². The van der Waals surface area contributed by atoms with Crippen molar-refractivity contribution in [2.45, 2.75) is 19.8 Å². The molecule has 3 nitrogen and oxygen atoms in total. The van der Waals surface area contributed by atoms with E-state index in [1.807, 2.05) is 24.4 Å². The van der Waals surface area contributed by atoms with E-state index < -0.39 is 0 Å². The molecule has 7 aromatic rings. The van der Waals surface area contributed by atoms with Gasteiger partial charge in [-0.15, -0.1) is 0 Å². The standard InChI is InChI=1S/C44H39N3/c1-3-4-7-14-33(2)28-31-46(37-16-8-5-9-17-37)41-26-22-34-21-25-40-42(27-23-35-20-24-39(41)43(34)44(35)40)47(38-18-10-6-11-19-38)32-29-36-15-12-13-30-45-36/h3-27,30H,1,28-29,31-32H2,2H3/b7-4-,33-14+. The Hall–Kier alpha value is -5.67. The number of benzene rings is 6. The summed E-state index contributed by atoms with van der Waals surface area (Å²) in [6, 6.07) is 46.1. The fourth-order valence-electron chi connectivity index (χ4n) is 6.68. The lowest BCUT2D eigenvalue weighted by Crippen LogP contribution is -2.21. The minimum Gasteiger partial charge on any atom is -0.341 e. The van der Waals surface area contributed by atoms with Gasteiger partial charge in [0.05, 0.1) is 0 Å². The van der Waals surface area contributed by atoms with Gasteiger partial charge in [0.1, 0.15) is 0 Å². The second kappa shape index (κ2) is 13.8. The van der Waals surface area contributed by atoms with Crippen LogP contribution in [0.5, 0.6) is 0 Å². The van der Waals surface area contributed by atoms with E-state index in [2.05, 4.69) is 162 Å². The number of allylic oxidation sites excluding steroid dienone is 4. The van der Waals surface area contributed by atoms with Gasteiger partial charge in [-0.1, -0.05) is 115 Å². The molecule has 230 valence electrons. The maximum atomic E-state index is 4.62. The monoisotopic (exact) mass is 609 g/mol. The Morgan fingerprint density at radius 1 is 0.617 bits per heavy atom. The number of pyridine rings is 1. The molecule has 0 N–H and O–H groups in total. The fraction of sp³-hybridized carbons (Fsp3) is 0.114. The summed E-state index contributed by atoms with van der Waals surface area (Å²) in [5.74, 6) is 0. The Balaban J connectivity index is 1.36. The van der Waals surface area contributed by atoms with Crippen LogP contribution in [-0.4, -0.2) is 18.1 Å². The van der Waals surface area contributed by atoms with Gasteiger partial charge in [-0.2, -0.15) is 0 Å². The zero-order valence-electron chi connectivity index (χ0n) is 26.9. The minimum atomic E-state index is 0.826. The Morgan fingerprint density at radius 3 is 1.72 bits per heavy atom. The zero-order chi connectivity index (χ0) is 32.0. The van der Waals surface area contributed by atoms with Crippen molar-refractivity contribution in [3.8, 4) is 0 Å². The molecule has 1 aromatic heterocycles. The summed E-state index contributed by atoms with van der Waals surface area (Å²) in [7, 11) is 0. The van der Waals surface area contributed by atoms with Crippen LogP contribution in [0.15, 0.2) is 170 Å². The summed E-state index contributed by atoms with van der Waals surface area (Å²) in [6.45, 7) is 7.70. The van der Waals surface area contributed by atoms with E-state index in [9.17, 15) is 0 Å². The molecule has 7 rings (SSSR count). The SMILES string of the molecule is C=C/C=C\C=C(/C)CCN(c1ccccc1)c1ccc2ccc3c(N(CCc4ccccn4)c4ccccc4)ccc4ccc1c2c43. The maximum Gasteiger partial charge on any atom is 0.0491 e. The number of hydrogen-bond donors (Lipinski definition) is 0. The lowest BCUT2D eigenvalue weighted by atomic mass is 9.92. The quantitative estimate of drug-likeness (QED) is 0.101. The van der Waals surface area contributed by atoms with Crippen LogP contribution in [-0.2, 0) is 6.42 Å². The molecule has 0 saturated carbocycles. The van der Waals surface area contributed by atoms with Crippen LogP contribution < -0.4 is 9.80 Å². The van der Waals surface area contributed by atoms with Crippen molar-refractivity contribution in [3.05, 3.63) is 176 Å². The molecular weight excluding hydrogens is 571 g/mol. The predicted molar refractivity (Wildman–Crippen MR) is 203 cm³/mol. The van der Waals surface area contributed by atoms with Crippen molar-refractivity contribution in [2.75, 3.05) is 22.9 Å². The lowest BCUT2D eigenvalue weighted by molar-refractivity contribution is 0.886. The molecule has 0 aliphatic rings. The van der Waals surface area contributed by atoms with Gasteiger partial charge < -0.3 is 9.80 Å². The summed E-state index contributed by atoms with van der Waals surface area (Å²) in [5, 5.41) is 7.69. The van der Waals surface area contributed by atoms with Gasteiger partial charge in [-0.05, 0) is 83.4 Å². The van der Waals surface area contributed by atoms with Gasteiger partial charge in [0, 0.05) is 64.9 Å².